The van der Waals surface area contributed by atoms with E-state index in [9.17, 15) is 0 Å². The van der Waals surface area contributed by atoms with Crippen LogP contribution < -0.4 is 9.47 Å². The highest BCUT2D eigenvalue weighted by Gasteiger charge is 2.41. The van der Waals surface area contributed by atoms with Gasteiger partial charge in [-0.3, -0.25) is 0 Å². The molecule has 154 valence electrons. The van der Waals surface area contributed by atoms with Crippen molar-refractivity contribution in [2.75, 3.05) is 14.2 Å². The molecule has 0 saturated heterocycles. The lowest BCUT2D eigenvalue weighted by atomic mass is 10.0. The van der Waals surface area contributed by atoms with Crippen LogP contribution in [0.5, 0.6) is 11.9 Å². The number of rotatable bonds is 5. The lowest BCUT2D eigenvalue weighted by Gasteiger charge is -2.10. The first-order valence-corrected chi connectivity index (χ1v) is 10.8. The van der Waals surface area contributed by atoms with E-state index in [2.05, 4.69) is 44.2 Å². The van der Waals surface area contributed by atoms with Gasteiger partial charge in [-0.2, -0.15) is 10.1 Å². The summed E-state index contributed by atoms with van der Waals surface area (Å²) in [5.41, 5.74) is 7.79. The molecule has 2 atom stereocenters. The number of thiazole rings is 1. The molecule has 1 aliphatic carbocycles. The molecule has 8 nitrogen and oxygen atoms in total. The summed E-state index contributed by atoms with van der Waals surface area (Å²) in [7, 11) is 3.10. The van der Waals surface area contributed by atoms with Crippen LogP contribution >= 0.6 is 11.3 Å². The van der Waals surface area contributed by atoms with Gasteiger partial charge in [0.05, 0.1) is 41.2 Å². The second-order valence-corrected chi connectivity index (χ2v) is 8.37. The molecule has 4 heterocycles. The highest BCUT2D eigenvalue weighted by molar-refractivity contribution is 7.16. The molecule has 0 spiro atoms. The van der Waals surface area contributed by atoms with Gasteiger partial charge in [-0.15, -0.1) is 11.3 Å². The van der Waals surface area contributed by atoms with Gasteiger partial charge in [-0.05, 0) is 42.0 Å². The minimum Gasteiger partial charge on any atom is -0.480 e. The molecule has 5 aromatic rings. The first-order valence-electron chi connectivity index (χ1n) is 9.88. The molecule has 1 saturated carbocycles. The normalized spacial score (nSPS) is 17.9. The van der Waals surface area contributed by atoms with Crippen LogP contribution in [0.4, 0.5) is 0 Å². The van der Waals surface area contributed by atoms with Crippen LogP contribution in [0.3, 0.4) is 0 Å². The van der Waals surface area contributed by atoms with Gasteiger partial charge >= 0.3 is 6.01 Å². The Morgan fingerprint density at radius 2 is 2.00 bits per heavy atom. The Morgan fingerprint density at radius 3 is 2.87 bits per heavy atom. The standard InChI is InChI=1S/C22H18N6O2S/c1-29-21-16(10-24-22(26-21)30-2)18-9-15(20-23-5-6-28(20)27-18)14-8-13(14)12-3-4-17-19(7-12)31-11-25-17/h3-7,9-11,13-14H,8H2,1-2H3/t13-,14+/m1/s1. The monoisotopic (exact) mass is 430 g/mol. The Morgan fingerprint density at radius 1 is 1.06 bits per heavy atom. The van der Waals surface area contributed by atoms with Gasteiger partial charge in [0.15, 0.2) is 5.65 Å². The molecule has 1 fully saturated rings. The van der Waals surface area contributed by atoms with Crippen LogP contribution in [-0.2, 0) is 0 Å². The number of fused-ring (bicyclic) bond motifs is 2. The van der Waals surface area contributed by atoms with Crippen molar-refractivity contribution >= 4 is 27.2 Å². The highest BCUT2D eigenvalue weighted by atomic mass is 32.1. The lowest BCUT2D eigenvalue weighted by molar-refractivity contribution is 0.353. The van der Waals surface area contributed by atoms with Gasteiger partial charge in [-0.1, -0.05) is 6.07 Å². The molecule has 0 unspecified atom stereocenters. The van der Waals surface area contributed by atoms with Crippen LogP contribution in [0.15, 0.2) is 48.4 Å². The second kappa shape index (κ2) is 6.98. The van der Waals surface area contributed by atoms with Crippen LogP contribution in [0.25, 0.3) is 27.1 Å². The van der Waals surface area contributed by atoms with Gasteiger partial charge in [0.2, 0.25) is 5.88 Å². The molecule has 1 aromatic carbocycles. The van der Waals surface area contributed by atoms with Crippen LogP contribution in [-0.4, -0.2) is 43.8 Å². The molecule has 6 rings (SSSR count). The zero-order valence-corrected chi connectivity index (χ0v) is 17.7. The summed E-state index contributed by atoms with van der Waals surface area (Å²) in [4.78, 5) is 17.5. The topological polar surface area (TPSA) is 87.3 Å². The quantitative estimate of drug-likeness (QED) is 0.415. The van der Waals surface area contributed by atoms with Gasteiger partial charge < -0.3 is 9.47 Å². The molecule has 9 heteroatoms. The summed E-state index contributed by atoms with van der Waals surface area (Å²) >= 11 is 1.68. The third-order valence-corrected chi connectivity index (χ3v) is 6.54. The van der Waals surface area contributed by atoms with Gasteiger partial charge in [0, 0.05) is 24.2 Å². The SMILES string of the molecule is COc1ncc(-c2cc([C@H]3C[C@@H]3c3ccc4ncsc4c3)c3nccn3n2)c(OC)n1. The van der Waals surface area contributed by atoms with Crippen molar-refractivity contribution in [1.29, 1.82) is 0 Å². The fraction of sp³-hybridized carbons (Fsp3) is 0.227. The Balaban J connectivity index is 1.42. The first-order chi connectivity index (χ1) is 15.2. The fourth-order valence-electron chi connectivity index (χ4n) is 4.14. The largest absolute Gasteiger partial charge is 0.480 e. The van der Waals surface area contributed by atoms with E-state index in [1.165, 1.54) is 22.9 Å². The average molecular weight is 430 g/mol. The van der Waals surface area contributed by atoms with E-state index >= 15 is 0 Å². The number of hydrogen-bond donors (Lipinski definition) is 0. The Kier molecular flexibility index (Phi) is 4.10. The van der Waals surface area contributed by atoms with E-state index in [-0.39, 0.29) is 6.01 Å². The molecule has 0 aliphatic heterocycles. The molecular formula is C22H18N6O2S. The minimum atomic E-state index is 0.255. The van der Waals surface area contributed by atoms with Crippen molar-refractivity contribution in [3.63, 3.8) is 0 Å². The Labute approximate surface area is 181 Å². The van der Waals surface area contributed by atoms with Crippen LogP contribution in [0.2, 0.25) is 0 Å². The highest BCUT2D eigenvalue weighted by Crippen LogP contribution is 2.56. The van der Waals surface area contributed by atoms with E-state index < -0.39 is 0 Å². The third kappa shape index (κ3) is 3.00. The summed E-state index contributed by atoms with van der Waals surface area (Å²) in [6.45, 7) is 0. The molecule has 0 N–H and O–H groups in total. The number of aromatic nitrogens is 6. The number of ether oxygens (including phenoxy) is 2. The maximum atomic E-state index is 5.47. The van der Waals surface area contributed by atoms with Crippen molar-refractivity contribution in [3.8, 4) is 23.1 Å². The molecule has 4 aromatic heterocycles. The summed E-state index contributed by atoms with van der Waals surface area (Å²) in [6.07, 6.45) is 6.40. The number of nitrogens with zero attached hydrogens (tertiary/aromatic N) is 6. The number of imidazole rings is 1. The van der Waals surface area contributed by atoms with E-state index in [1.54, 1.807) is 30.8 Å². The molecular weight excluding hydrogens is 412 g/mol. The van der Waals surface area contributed by atoms with Crippen molar-refractivity contribution in [3.05, 3.63) is 59.5 Å². The predicted molar refractivity (Wildman–Crippen MR) is 117 cm³/mol. The zero-order valence-electron chi connectivity index (χ0n) is 16.9. The summed E-state index contributed by atoms with van der Waals surface area (Å²) < 4.78 is 13.6. The van der Waals surface area contributed by atoms with Gasteiger partial charge in [-0.25, -0.2) is 19.5 Å². The molecule has 1 aliphatic rings. The van der Waals surface area contributed by atoms with E-state index in [4.69, 9.17) is 14.6 Å². The van der Waals surface area contributed by atoms with E-state index in [1.807, 2.05) is 16.2 Å². The second-order valence-electron chi connectivity index (χ2n) is 7.49. The predicted octanol–water partition coefficient (Wildman–Crippen LogP) is 4.08. The summed E-state index contributed by atoms with van der Waals surface area (Å²) in [5.74, 6) is 1.26. The summed E-state index contributed by atoms with van der Waals surface area (Å²) in [5, 5.41) is 4.72. The number of benzene rings is 1. The number of methoxy groups -OCH3 is 2. The first kappa shape index (κ1) is 18.2. The van der Waals surface area contributed by atoms with Crippen LogP contribution in [0, 0.1) is 0 Å². The average Bonchev–Trinajstić information content (AvgIpc) is 3.22. The van der Waals surface area contributed by atoms with Crippen molar-refractivity contribution < 1.29 is 9.47 Å². The van der Waals surface area contributed by atoms with Crippen molar-refractivity contribution in [2.24, 2.45) is 0 Å². The van der Waals surface area contributed by atoms with E-state index in [0.717, 1.165) is 23.3 Å². The smallest absolute Gasteiger partial charge is 0.319 e. The van der Waals surface area contributed by atoms with Crippen molar-refractivity contribution in [2.45, 2.75) is 18.3 Å². The minimum absolute atomic E-state index is 0.255. The zero-order chi connectivity index (χ0) is 20.9. The molecule has 0 bridgehead atoms. The maximum absolute atomic E-state index is 5.47. The third-order valence-electron chi connectivity index (χ3n) is 5.74. The molecule has 0 amide bonds. The van der Waals surface area contributed by atoms with Gasteiger partial charge in [0.1, 0.15) is 0 Å². The van der Waals surface area contributed by atoms with Gasteiger partial charge in [0.25, 0.3) is 0 Å². The molecule has 31 heavy (non-hydrogen) atoms. The Hall–Kier alpha value is -3.59. The van der Waals surface area contributed by atoms with E-state index in [0.29, 0.717) is 23.3 Å². The van der Waals surface area contributed by atoms with Crippen LogP contribution in [0.1, 0.15) is 29.4 Å². The lowest BCUT2D eigenvalue weighted by Crippen LogP contribution is -2.02. The van der Waals surface area contributed by atoms with Crippen molar-refractivity contribution in [1.82, 2.24) is 29.5 Å². The maximum Gasteiger partial charge on any atom is 0.319 e. The Bertz CT molecular complexity index is 1430. The molecule has 0 radical (unpaired) electrons. The summed E-state index contributed by atoms with van der Waals surface area (Å²) in [6, 6.07) is 8.91. The number of hydrogen-bond acceptors (Lipinski definition) is 8. The fourth-order valence-corrected chi connectivity index (χ4v) is 4.86.